The molecule has 0 aromatic carbocycles. The van der Waals surface area contributed by atoms with Crippen molar-refractivity contribution in [2.45, 2.75) is 39.7 Å². The lowest BCUT2D eigenvalue weighted by Crippen LogP contribution is -2.34. The molecule has 1 N–H and O–H groups in total. The highest BCUT2D eigenvalue weighted by Gasteiger charge is 2.29. The van der Waals surface area contributed by atoms with Crippen molar-refractivity contribution in [2.24, 2.45) is 5.41 Å². The Kier molecular flexibility index (Phi) is 4.53. The minimum Gasteiger partial charge on any atom is -0.316 e. The zero-order valence-electron chi connectivity index (χ0n) is 12.6. The lowest BCUT2D eigenvalue weighted by atomic mass is 9.89. The van der Waals surface area contributed by atoms with Gasteiger partial charge in [0, 0.05) is 43.5 Å². The van der Waals surface area contributed by atoms with E-state index in [0.29, 0.717) is 11.3 Å². The summed E-state index contributed by atoms with van der Waals surface area (Å²) >= 11 is 0. The molecular weight excluding hydrogens is 236 g/mol. The minimum absolute atomic E-state index is 0.398. The van der Waals surface area contributed by atoms with Crippen molar-refractivity contribution in [3.05, 3.63) is 23.8 Å². The second-order valence-electron chi connectivity index (χ2n) is 6.51. The largest absolute Gasteiger partial charge is 0.316 e. The number of hydrogen-bond acceptors (Lipinski definition) is 4. The van der Waals surface area contributed by atoms with Gasteiger partial charge in [-0.2, -0.15) is 0 Å². The summed E-state index contributed by atoms with van der Waals surface area (Å²) in [6.45, 7) is 10.9. The molecule has 4 heteroatoms. The van der Waals surface area contributed by atoms with Crippen LogP contribution in [-0.2, 0) is 6.54 Å². The van der Waals surface area contributed by atoms with Crippen LogP contribution in [0.1, 0.15) is 44.5 Å². The summed E-state index contributed by atoms with van der Waals surface area (Å²) in [7, 11) is 2.18. The fourth-order valence-corrected chi connectivity index (χ4v) is 2.77. The zero-order valence-corrected chi connectivity index (χ0v) is 12.6. The Balaban J connectivity index is 1.89. The van der Waals surface area contributed by atoms with E-state index in [0.717, 1.165) is 32.0 Å². The molecule has 1 saturated heterocycles. The topological polar surface area (TPSA) is 41.1 Å². The normalized spacial score (nSPS) is 23.5. The Labute approximate surface area is 116 Å². The molecule has 1 atom stereocenters. The van der Waals surface area contributed by atoms with Gasteiger partial charge in [0.05, 0.1) is 0 Å². The second kappa shape index (κ2) is 5.97. The third kappa shape index (κ3) is 3.98. The van der Waals surface area contributed by atoms with E-state index in [-0.39, 0.29) is 0 Å². The molecule has 1 fully saturated rings. The van der Waals surface area contributed by atoms with Crippen molar-refractivity contribution >= 4 is 0 Å². The van der Waals surface area contributed by atoms with Gasteiger partial charge < -0.3 is 10.2 Å². The molecule has 2 rings (SSSR count). The molecule has 19 heavy (non-hydrogen) atoms. The minimum atomic E-state index is 0.398. The first-order valence-corrected chi connectivity index (χ1v) is 7.19. The Morgan fingerprint density at radius 3 is 2.58 bits per heavy atom. The highest BCUT2D eigenvalue weighted by molar-refractivity contribution is 5.06. The van der Waals surface area contributed by atoms with Crippen molar-refractivity contribution in [3.63, 3.8) is 0 Å². The highest BCUT2D eigenvalue weighted by Crippen LogP contribution is 2.25. The van der Waals surface area contributed by atoms with Gasteiger partial charge in [-0.3, -0.25) is 0 Å². The van der Waals surface area contributed by atoms with Crippen molar-refractivity contribution in [2.75, 3.05) is 26.7 Å². The van der Waals surface area contributed by atoms with E-state index in [1.54, 1.807) is 0 Å². The Hall–Kier alpha value is -1.00. The summed E-state index contributed by atoms with van der Waals surface area (Å²) in [4.78, 5) is 11.2. The number of nitrogens with one attached hydrogen (secondary N) is 1. The van der Waals surface area contributed by atoms with Gasteiger partial charge in [0.15, 0.2) is 0 Å². The van der Waals surface area contributed by atoms with Crippen molar-refractivity contribution in [3.8, 4) is 0 Å². The average molecular weight is 262 g/mol. The third-order valence-corrected chi connectivity index (χ3v) is 3.80. The summed E-state index contributed by atoms with van der Waals surface area (Å²) in [5, 5.41) is 3.45. The fraction of sp³-hybridized carbons (Fsp3) is 0.733. The van der Waals surface area contributed by atoms with Gasteiger partial charge in [0.1, 0.15) is 5.82 Å². The first kappa shape index (κ1) is 14.4. The molecule has 0 aliphatic carbocycles. The molecule has 1 aliphatic rings. The summed E-state index contributed by atoms with van der Waals surface area (Å²) < 4.78 is 0. The maximum Gasteiger partial charge on any atom is 0.130 e. The van der Waals surface area contributed by atoms with Crippen LogP contribution in [0.2, 0.25) is 0 Å². The van der Waals surface area contributed by atoms with E-state index < -0.39 is 0 Å². The molecule has 106 valence electrons. The molecular formula is C15H26N4. The van der Waals surface area contributed by atoms with Gasteiger partial charge in [0.25, 0.3) is 0 Å². The van der Waals surface area contributed by atoms with E-state index in [4.69, 9.17) is 0 Å². The number of hydrogen-bond donors (Lipinski definition) is 1. The maximum absolute atomic E-state index is 4.43. The molecule has 4 nitrogen and oxygen atoms in total. The summed E-state index contributed by atoms with van der Waals surface area (Å²) in [5.41, 5.74) is 1.61. The van der Waals surface area contributed by atoms with Crippen LogP contribution in [0.5, 0.6) is 0 Å². The SMILES string of the molecule is CC(C)c1ncc(CN(C)CC2(C)CCNC2)cn1. The molecule has 1 unspecified atom stereocenters. The third-order valence-electron chi connectivity index (χ3n) is 3.80. The van der Waals surface area contributed by atoms with E-state index in [1.165, 1.54) is 12.0 Å². The van der Waals surface area contributed by atoms with Gasteiger partial charge in [-0.25, -0.2) is 9.97 Å². The fourth-order valence-electron chi connectivity index (χ4n) is 2.77. The standard InChI is InChI=1S/C15H26N4/c1-12(2)14-17-7-13(8-18-14)9-19(4)11-15(3)5-6-16-10-15/h7-8,12,16H,5-6,9-11H2,1-4H3. The second-order valence-corrected chi connectivity index (χ2v) is 6.51. The smallest absolute Gasteiger partial charge is 0.130 e. The molecule has 0 radical (unpaired) electrons. The van der Waals surface area contributed by atoms with Gasteiger partial charge in [-0.05, 0) is 25.4 Å². The number of rotatable bonds is 5. The lowest BCUT2D eigenvalue weighted by molar-refractivity contribution is 0.203. The Morgan fingerprint density at radius 2 is 2.05 bits per heavy atom. The maximum atomic E-state index is 4.43. The summed E-state index contributed by atoms with van der Waals surface area (Å²) in [6.07, 6.45) is 5.20. The predicted molar refractivity (Wildman–Crippen MR) is 78.0 cm³/mol. The number of nitrogens with zero attached hydrogens (tertiary/aromatic N) is 3. The van der Waals surface area contributed by atoms with Crippen LogP contribution in [0, 0.1) is 5.41 Å². The van der Waals surface area contributed by atoms with E-state index in [2.05, 4.69) is 48.0 Å². The average Bonchev–Trinajstić information content (AvgIpc) is 2.76. The van der Waals surface area contributed by atoms with Crippen molar-refractivity contribution in [1.29, 1.82) is 0 Å². The van der Waals surface area contributed by atoms with Gasteiger partial charge in [-0.1, -0.05) is 20.8 Å². The quantitative estimate of drug-likeness (QED) is 0.881. The van der Waals surface area contributed by atoms with Crippen LogP contribution in [0.4, 0.5) is 0 Å². The zero-order chi connectivity index (χ0) is 13.9. The monoisotopic (exact) mass is 262 g/mol. The summed E-state index contributed by atoms with van der Waals surface area (Å²) in [6, 6.07) is 0. The van der Waals surface area contributed by atoms with E-state index in [9.17, 15) is 0 Å². The van der Waals surface area contributed by atoms with Gasteiger partial charge >= 0.3 is 0 Å². The molecule has 0 spiro atoms. The Morgan fingerprint density at radius 1 is 1.37 bits per heavy atom. The van der Waals surface area contributed by atoms with Crippen molar-refractivity contribution in [1.82, 2.24) is 20.2 Å². The highest BCUT2D eigenvalue weighted by atomic mass is 15.1. The first-order chi connectivity index (χ1) is 8.98. The number of aromatic nitrogens is 2. The van der Waals surface area contributed by atoms with Crippen LogP contribution < -0.4 is 5.32 Å². The lowest BCUT2D eigenvalue weighted by Gasteiger charge is -2.29. The molecule has 1 aromatic heterocycles. The molecule has 1 aromatic rings. The van der Waals surface area contributed by atoms with Gasteiger partial charge in [-0.15, -0.1) is 0 Å². The van der Waals surface area contributed by atoms with Gasteiger partial charge in [0.2, 0.25) is 0 Å². The van der Waals surface area contributed by atoms with Crippen LogP contribution in [0.25, 0.3) is 0 Å². The van der Waals surface area contributed by atoms with E-state index in [1.807, 2.05) is 12.4 Å². The molecule has 0 amide bonds. The summed E-state index contributed by atoms with van der Waals surface area (Å²) in [5.74, 6) is 1.33. The predicted octanol–water partition coefficient (Wildman–Crippen LogP) is 2.03. The van der Waals surface area contributed by atoms with Crippen LogP contribution in [-0.4, -0.2) is 41.5 Å². The first-order valence-electron chi connectivity index (χ1n) is 7.19. The van der Waals surface area contributed by atoms with E-state index >= 15 is 0 Å². The van der Waals surface area contributed by atoms with Crippen LogP contribution >= 0.6 is 0 Å². The van der Waals surface area contributed by atoms with Crippen molar-refractivity contribution < 1.29 is 0 Å². The molecule has 2 heterocycles. The Bertz CT molecular complexity index is 393. The van der Waals surface area contributed by atoms with Crippen LogP contribution in [0.3, 0.4) is 0 Å². The van der Waals surface area contributed by atoms with Crippen LogP contribution in [0.15, 0.2) is 12.4 Å². The molecule has 1 aliphatic heterocycles. The molecule has 0 saturated carbocycles. The molecule has 0 bridgehead atoms.